The summed E-state index contributed by atoms with van der Waals surface area (Å²) >= 11 is 0. The Balaban J connectivity index is 2.45. The molecule has 14 heavy (non-hydrogen) atoms. The summed E-state index contributed by atoms with van der Waals surface area (Å²) < 4.78 is 0. The summed E-state index contributed by atoms with van der Waals surface area (Å²) in [6, 6.07) is 0. The van der Waals surface area contributed by atoms with Gasteiger partial charge in [-0.25, -0.2) is 9.97 Å². The molecule has 0 aliphatic carbocycles. The van der Waals surface area contributed by atoms with Gasteiger partial charge in [0.2, 0.25) is 0 Å². The first-order valence-corrected chi connectivity index (χ1v) is 4.29. The maximum absolute atomic E-state index is 8.81. The van der Waals surface area contributed by atoms with Gasteiger partial charge in [0.15, 0.2) is 5.65 Å². The van der Waals surface area contributed by atoms with Crippen LogP contribution in [0.25, 0.3) is 11.0 Å². The number of H-pyrrole nitrogens is 1. The smallest absolute Gasteiger partial charge is 0.160 e. The van der Waals surface area contributed by atoms with Crippen molar-refractivity contribution >= 4 is 16.9 Å². The second-order valence-corrected chi connectivity index (χ2v) is 2.97. The number of likely N-dealkylation sites (N-methyl/N-ethyl adjacent to an activating group) is 1. The molecule has 74 valence electrons. The third-order valence-corrected chi connectivity index (χ3v) is 2.02. The predicted octanol–water partition coefficient (Wildman–Crippen LogP) is -0.219. The van der Waals surface area contributed by atoms with Crippen molar-refractivity contribution in [2.75, 3.05) is 25.1 Å². The molecule has 2 rings (SSSR count). The maximum Gasteiger partial charge on any atom is 0.160 e. The molecule has 0 bridgehead atoms. The Labute approximate surface area is 80.6 Å². The van der Waals surface area contributed by atoms with Gasteiger partial charge in [-0.3, -0.25) is 5.10 Å². The van der Waals surface area contributed by atoms with Crippen LogP contribution in [0.2, 0.25) is 0 Å². The van der Waals surface area contributed by atoms with Crippen LogP contribution in [0.4, 0.5) is 5.82 Å². The second kappa shape index (κ2) is 3.59. The highest BCUT2D eigenvalue weighted by molar-refractivity contribution is 5.85. The molecular weight excluding hydrogens is 182 g/mol. The SMILES string of the molecule is CN(CCO)c1ncnc2[nH]ncc12. The average Bonchev–Trinajstić information content (AvgIpc) is 2.65. The Morgan fingerprint density at radius 2 is 2.36 bits per heavy atom. The Kier molecular flexibility index (Phi) is 2.28. The summed E-state index contributed by atoms with van der Waals surface area (Å²) in [5.41, 5.74) is 0.708. The number of fused-ring (bicyclic) bond motifs is 1. The fraction of sp³-hybridized carbons (Fsp3) is 0.375. The fourth-order valence-electron chi connectivity index (χ4n) is 1.31. The van der Waals surface area contributed by atoms with E-state index in [1.165, 1.54) is 6.33 Å². The number of nitrogens with zero attached hydrogens (tertiary/aromatic N) is 4. The van der Waals surface area contributed by atoms with Crippen LogP contribution in [0.15, 0.2) is 12.5 Å². The van der Waals surface area contributed by atoms with Crippen LogP contribution in [0.1, 0.15) is 0 Å². The van der Waals surface area contributed by atoms with Crippen molar-refractivity contribution in [3.05, 3.63) is 12.5 Å². The Morgan fingerprint density at radius 3 is 3.14 bits per heavy atom. The number of aliphatic hydroxyl groups is 1. The van der Waals surface area contributed by atoms with E-state index < -0.39 is 0 Å². The lowest BCUT2D eigenvalue weighted by Crippen LogP contribution is -2.22. The highest BCUT2D eigenvalue weighted by Crippen LogP contribution is 2.18. The molecule has 2 aromatic rings. The molecule has 0 aliphatic heterocycles. The number of aromatic amines is 1. The molecule has 2 N–H and O–H groups in total. The van der Waals surface area contributed by atoms with Gasteiger partial charge >= 0.3 is 0 Å². The summed E-state index contributed by atoms with van der Waals surface area (Å²) in [5, 5.41) is 16.3. The lowest BCUT2D eigenvalue weighted by atomic mass is 10.3. The molecule has 0 saturated carbocycles. The van der Waals surface area contributed by atoms with Gasteiger partial charge in [-0.1, -0.05) is 0 Å². The van der Waals surface area contributed by atoms with E-state index in [0.29, 0.717) is 12.2 Å². The zero-order valence-corrected chi connectivity index (χ0v) is 7.80. The van der Waals surface area contributed by atoms with E-state index in [2.05, 4.69) is 20.2 Å². The molecule has 0 radical (unpaired) electrons. The van der Waals surface area contributed by atoms with Crippen LogP contribution < -0.4 is 4.90 Å². The number of anilines is 1. The largest absolute Gasteiger partial charge is 0.395 e. The highest BCUT2D eigenvalue weighted by Gasteiger charge is 2.08. The van der Waals surface area contributed by atoms with Crippen molar-refractivity contribution < 1.29 is 5.11 Å². The molecule has 6 heteroatoms. The van der Waals surface area contributed by atoms with Gasteiger partial charge in [0.25, 0.3) is 0 Å². The highest BCUT2D eigenvalue weighted by atomic mass is 16.3. The molecule has 0 atom stereocenters. The number of nitrogens with one attached hydrogen (secondary N) is 1. The number of aromatic nitrogens is 4. The standard InChI is InChI=1S/C8H11N5O/c1-13(2-3-14)8-6-4-11-12-7(6)9-5-10-8/h4-5,14H,2-3H2,1H3,(H,9,10,11,12). The van der Waals surface area contributed by atoms with Gasteiger partial charge < -0.3 is 10.0 Å². The number of aliphatic hydroxyl groups excluding tert-OH is 1. The van der Waals surface area contributed by atoms with Crippen LogP contribution in [-0.4, -0.2) is 45.5 Å². The Morgan fingerprint density at radius 1 is 1.50 bits per heavy atom. The fourth-order valence-corrected chi connectivity index (χ4v) is 1.31. The molecule has 6 nitrogen and oxygen atoms in total. The van der Waals surface area contributed by atoms with Crippen molar-refractivity contribution in [3.63, 3.8) is 0 Å². The van der Waals surface area contributed by atoms with Gasteiger partial charge in [-0.2, -0.15) is 5.10 Å². The van der Waals surface area contributed by atoms with Crippen molar-refractivity contribution in [3.8, 4) is 0 Å². The van der Waals surface area contributed by atoms with Crippen LogP contribution in [-0.2, 0) is 0 Å². The monoisotopic (exact) mass is 193 g/mol. The lowest BCUT2D eigenvalue weighted by Gasteiger charge is -2.16. The molecule has 0 spiro atoms. The summed E-state index contributed by atoms with van der Waals surface area (Å²) in [5.74, 6) is 0.776. The van der Waals surface area contributed by atoms with Crippen LogP contribution in [0.3, 0.4) is 0 Å². The van der Waals surface area contributed by atoms with Crippen LogP contribution >= 0.6 is 0 Å². The molecule has 0 amide bonds. The number of hydrogen-bond acceptors (Lipinski definition) is 5. The zero-order chi connectivity index (χ0) is 9.97. The van der Waals surface area contributed by atoms with E-state index in [1.54, 1.807) is 6.20 Å². The number of hydrogen-bond donors (Lipinski definition) is 2. The van der Waals surface area contributed by atoms with E-state index in [0.717, 1.165) is 11.2 Å². The molecule has 0 aromatic carbocycles. The summed E-state index contributed by atoms with van der Waals surface area (Å²) in [4.78, 5) is 10.0. The topological polar surface area (TPSA) is 77.9 Å². The van der Waals surface area contributed by atoms with E-state index in [-0.39, 0.29) is 6.61 Å². The van der Waals surface area contributed by atoms with E-state index in [4.69, 9.17) is 5.11 Å². The van der Waals surface area contributed by atoms with Crippen molar-refractivity contribution in [1.82, 2.24) is 20.2 Å². The van der Waals surface area contributed by atoms with Crippen molar-refractivity contribution in [2.24, 2.45) is 0 Å². The van der Waals surface area contributed by atoms with Gasteiger partial charge in [-0.15, -0.1) is 0 Å². The first kappa shape index (κ1) is 8.89. The molecule has 0 fully saturated rings. The summed E-state index contributed by atoms with van der Waals surface area (Å²) in [6.45, 7) is 0.636. The van der Waals surface area contributed by atoms with Crippen LogP contribution in [0.5, 0.6) is 0 Å². The third-order valence-electron chi connectivity index (χ3n) is 2.02. The Bertz CT molecular complexity index is 426. The van der Waals surface area contributed by atoms with Gasteiger partial charge in [-0.05, 0) is 0 Å². The zero-order valence-electron chi connectivity index (χ0n) is 7.80. The van der Waals surface area contributed by atoms with E-state index >= 15 is 0 Å². The first-order valence-electron chi connectivity index (χ1n) is 4.29. The van der Waals surface area contributed by atoms with Gasteiger partial charge in [0.1, 0.15) is 12.1 Å². The van der Waals surface area contributed by atoms with Gasteiger partial charge in [0.05, 0.1) is 18.2 Å². The normalized spacial score (nSPS) is 10.7. The molecule has 0 unspecified atom stereocenters. The average molecular weight is 193 g/mol. The molecule has 2 aromatic heterocycles. The lowest BCUT2D eigenvalue weighted by molar-refractivity contribution is 0.304. The Hall–Kier alpha value is -1.69. The minimum absolute atomic E-state index is 0.0971. The number of rotatable bonds is 3. The molecule has 0 aliphatic rings. The quantitative estimate of drug-likeness (QED) is 0.704. The van der Waals surface area contributed by atoms with Crippen molar-refractivity contribution in [1.29, 1.82) is 0 Å². The first-order chi connectivity index (χ1) is 6.83. The van der Waals surface area contributed by atoms with Gasteiger partial charge in [0, 0.05) is 13.6 Å². The minimum Gasteiger partial charge on any atom is -0.395 e. The summed E-state index contributed by atoms with van der Waals surface area (Å²) in [7, 11) is 1.87. The minimum atomic E-state index is 0.0971. The van der Waals surface area contributed by atoms with E-state index in [9.17, 15) is 0 Å². The third kappa shape index (κ3) is 1.39. The van der Waals surface area contributed by atoms with Crippen molar-refractivity contribution in [2.45, 2.75) is 0 Å². The van der Waals surface area contributed by atoms with Crippen LogP contribution in [0, 0.1) is 0 Å². The predicted molar refractivity (Wildman–Crippen MR) is 52.0 cm³/mol. The summed E-state index contributed by atoms with van der Waals surface area (Å²) in [6.07, 6.45) is 3.16. The molecule has 0 saturated heterocycles. The maximum atomic E-state index is 8.81. The molecule has 2 heterocycles. The van der Waals surface area contributed by atoms with E-state index in [1.807, 2.05) is 11.9 Å². The second-order valence-electron chi connectivity index (χ2n) is 2.97. The molecular formula is C8H11N5O.